The summed E-state index contributed by atoms with van der Waals surface area (Å²) in [6.07, 6.45) is 0.329. The van der Waals surface area contributed by atoms with Crippen molar-refractivity contribution >= 4 is 29.4 Å². The summed E-state index contributed by atoms with van der Waals surface area (Å²) >= 11 is 0. The Bertz CT molecular complexity index is 819. The average molecular weight is 433 g/mol. The van der Waals surface area contributed by atoms with Crippen LogP contribution in [0.1, 0.15) is 53.0 Å². The van der Waals surface area contributed by atoms with Gasteiger partial charge in [-0.2, -0.15) is 0 Å². The summed E-state index contributed by atoms with van der Waals surface area (Å²) in [6.45, 7) is 7.83. The second kappa shape index (κ2) is 11.4. The van der Waals surface area contributed by atoms with Crippen LogP contribution >= 0.6 is 0 Å². The number of amides is 2. The zero-order valence-corrected chi connectivity index (χ0v) is 18.7. The number of ketones is 2. The largest absolute Gasteiger partial charge is 0.481 e. The fourth-order valence-electron chi connectivity index (χ4n) is 2.95. The van der Waals surface area contributed by atoms with Gasteiger partial charge in [-0.05, 0) is 32.3 Å². The molecule has 0 aliphatic rings. The number of benzene rings is 1. The normalized spacial score (nSPS) is 14.1. The summed E-state index contributed by atoms with van der Waals surface area (Å²) in [6, 6.07) is 6.90. The number of carboxylic acids is 1. The van der Waals surface area contributed by atoms with Crippen LogP contribution in [-0.4, -0.2) is 46.5 Å². The first-order chi connectivity index (χ1) is 14.4. The van der Waals surface area contributed by atoms with Crippen molar-refractivity contribution in [2.45, 2.75) is 66.0 Å². The van der Waals surface area contributed by atoms with E-state index < -0.39 is 46.8 Å². The second-order valence-electron chi connectivity index (χ2n) is 8.48. The van der Waals surface area contributed by atoms with Gasteiger partial charge in [0, 0.05) is 6.42 Å². The minimum absolute atomic E-state index is 0.0678. The van der Waals surface area contributed by atoms with Crippen LogP contribution < -0.4 is 10.6 Å². The molecule has 1 aromatic rings. The number of hydrogen-bond donors (Lipinski definition) is 3. The highest BCUT2D eigenvalue weighted by atomic mass is 16.4. The molecule has 170 valence electrons. The van der Waals surface area contributed by atoms with E-state index >= 15 is 0 Å². The molecule has 8 nitrogen and oxygen atoms in total. The van der Waals surface area contributed by atoms with Crippen LogP contribution in [-0.2, 0) is 30.4 Å². The molecule has 1 rings (SSSR count). The fraction of sp³-hybridized carbons (Fsp3) is 0.522. The van der Waals surface area contributed by atoms with Crippen molar-refractivity contribution in [3.63, 3.8) is 0 Å². The van der Waals surface area contributed by atoms with Crippen LogP contribution in [0.2, 0.25) is 0 Å². The molecule has 1 unspecified atom stereocenters. The summed E-state index contributed by atoms with van der Waals surface area (Å²) in [4.78, 5) is 61.1. The van der Waals surface area contributed by atoms with Crippen LogP contribution in [0.25, 0.3) is 0 Å². The molecule has 0 fully saturated rings. The lowest BCUT2D eigenvalue weighted by atomic mass is 9.82. The molecule has 8 heteroatoms. The standard InChI is InChI=1S/C23H32N2O6/c1-6-14(2)19(17(26)13-23(4,5)22(30)31)25-21(29)20(28)15(3)24-18(27)12-16-10-8-7-9-11-16/h7-11,14-15,19H,6,12-13H2,1-5H3,(H,24,27)(H,25,29)(H,30,31)/t14-,15?,19-/m0/s1. The highest BCUT2D eigenvalue weighted by Crippen LogP contribution is 2.23. The highest BCUT2D eigenvalue weighted by Gasteiger charge is 2.36. The van der Waals surface area contributed by atoms with Crippen molar-refractivity contribution < 1.29 is 29.1 Å². The van der Waals surface area contributed by atoms with E-state index in [0.717, 1.165) is 5.56 Å². The van der Waals surface area contributed by atoms with Crippen molar-refractivity contribution in [3.8, 4) is 0 Å². The Labute approximate surface area is 182 Å². The lowest BCUT2D eigenvalue weighted by Gasteiger charge is -2.27. The van der Waals surface area contributed by atoms with Crippen molar-refractivity contribution in [2.75, 3.05) is 0 Å². The molecular formula is C23H32N2O6. The molecule has 3 N–H and O–H groups in total. The predicted molar refractivity (Wildman–Crippen MR) is 115 cm³/mol. The van der Waals surface area contributed by atoms with Crippen molar-refractivity contribution in [2.24, 2.45) is 11.3 Å². The molecule has 0 heterocycles. The number of nitrogens with one attached hydrogen (secondary N) is 2. The van der Waals surface area contributed by atoms with E-state index in [9.17, 15) is 29.1 Å². The van der Waals surface area contributed by atoms with Gasteiger partial charge < -0.3 is 15.7 Å². The van der Waals surface area contributed by atoms with Gasteiger partial charge >= 0.3 is 5.97 Å². The van der Waals surface area contributed by atoms with Gasteiger partial charge in [-0.25, -0.2) is 0 Å². The minimum atomic E-state index is -1.30. The highest BCUT2D eigenvalue weighted by molar-refractivity contribution is 6.38. The summed E-state index contributed by atoms with van der Waals surface area (Å²) in [5.74, 6) is -4.14. The Kier molecular flexibility index (Phi) is 9.55. The third-order valence-corrected chi connectivity index (χ3v) is 5.24. The number of carboxylic acid groups (broad SMARTS) is 1. The van der Waals surface area contributed by atoms with Crippen LogP contribution in [0.15, 0.2) is 30.3 Å². The van der Waals surface area contributed by atoms with Crippen molar-refractivity contribution in [3.05, 3.63) is 35.9 Å². The minimum Gasteiger partial charge on any atom is -0.481 e. The van der Waals surface area contributed by atoms with E-state index in [2.05, 4.69) is 10.6 Å². The van der Waals surface area contributed by atoms with Gasteiger partial charge in [0.25, 0.3) is 5.91 Å². The smallest absolute Gasteiger partial charge is 0.309 e. The summed E-state index contributed by atoms with van der Waals surface area (Å²) in [5, 5.41) is 14.2. The van der Waals surface area contributed by atoms with E-state index in [4.69, 9.17) is 0 Å². The number of hydrogen-bond acceptors (Lipinski definition) is 5. The Balaban J connectivity index is 2.78. The van der Waals surface area contributed by atoms with Crippen LogP contribution in [0.3, 0.4) is 0 Å². The zero-order valence-electron chi connectivity index (χ0n) is 18.7. The van der Waals surface area contributed by atoms with E-state index in [0.29, 0.717) is 6.42 Å². The number of carbonyl (C=O) groups excluding carboxylic acids is 4. The lowest BCUT2D eigenvalue weighted by Crippen LogP contribution is -2.52. The Morgan fingerprint density at radius 2 is 1.58 bits per heavy atom. The van der Waals surface area contributed by atoms with Gasteiger partial charge in [0.2, 0.25) is 11.7 Å². The Morgan fingerprint density at radius 1 is 1.00 bits per heavy atom. The van der Waals surface area contributed by atoms with E-state index in [1.54, 1.807) is 31.2 Å². The molecule has 0 aliphatic carbocycles. The van der Waals surface area contributed by atoms with Crippen molar-refractivity contribution in [1.29, 1.82) is 0 Å². The molecule has 0 bridgehead atoms. The summed E-state index contributed by atoms with van der Waals surface area (Å²) in [5.41, 5.74) is -0.524. The maximum atomic E-state index is 12.7. The Hall–Kier alpha value is -3.03. The molecule has 2 amide bonds. The molecular weight excluding hydrogens is 400 g/mol. The summed E-state index contributed by atoms with van der Waals surface area (Å²) < 4.78 is 0. The molecule has 0 aliphatic heterocycles. The predicted octanol–water partition coefficient (Wildman–Crippen LogP) is 1.90. The van der Waals surface area contributed by atoms with Gasteiger partial charge in [-0.3, -0.25) is 24.0 Å². The molecule has 0 spiro atoms. The molecule has 0 saturated heterocycles. The molecule has 31 heavy (non-hydrogen) atoms. The van der Waals surface area contributed by atoms with Crippen molar-refractivity contribution in [1.82, 2.24) is 10.6 Å². The van der Waals surface area contributed by atoms with Crippen LogP contribution in [0, 0.1) is 11.3 Å². The molecule has 0 radical (unpaired) electrons. The second-order valence-corrected chi connectivity index (χ2v) is 8.48. The number of Topliss-reactive ketones (excluding diaryl/α,β-unsaturated/α-hetero) is 2. The fourth-order valence-corrected chi connectivity index (χ4v) is 2.95. The first-order valence-corrected chi connectivity index (χ1v) is 10.3. The van der Waals surface area contributed by atoms with E-state index in [-0.39, 0.29) is 18.8 Å². The first kappa shape index (κ1) is 26.0. The number of carbonyl (C=O) groups is 5. The van der Waals surface area contributed by atoms with Gasteiger partial charge in [0.15, 0.2) is 5.78 Å². The van der Waals surface area contributed by atoms with Crippen LogP contribution in [0.5, 0.6) is 0 Å². The maximum Gasteiger partial charge on any atom is 0.309 e. The van der Waals surface area contributed by atoms with E-state index in [1.165, 1.54) is 20.8 Å². The lowest BCUT2D eigenvalue weighted by molar-refractivity contribution is -0.150. The average Bonchev–Trinajstić information content (AvgIpc) is 2.70. The summed E-state index contributed by atoms with van der Waals surface area (Å²) in [7, 11) is 0. The van der Waals surface area contributed by atoms with Gasteiger partial charge in [0.05, 0.1) is 23.9 Å². The number of rotatable bonds is 12. The molecule has 3 atom stereocenters. The van der Waals surface area contributed by atoms with Gasteiger partial charge in [-0.15, -0.1) is 0 Å². The first-order valence-electron chi connectivity index (χ1n) is 10.3. The topological polar surface area (TPSA) is 130 Å². The van der Waals surface area contributed by atoms with E-state index in [1.807, 2.05) is 13.0 Å². The molecule has 1 aromatic carbocycles. The molecule has 0 saturated carbocycles. The Morgan fingerprint density at radius 3 is 2.10 bits per heavy atom. The quantitative estimate of drug-likeness (QED) is 0.433. The maximum absolute atomic E-state index is 12.7. The van der Waals surface area contributed by atoms with Gasteiger partial charge in [-0.1, -0.05) is 50.6 Å². The SMILES string of the molecule is CC[C@H](C)[C@H](NC(=O)C(=O)C(C)NC(=O)Cc1ccccc1)C(=O)CC(C)(C)C(=O)O. The monoisotopic (exact) mass is 432 g/mol. The van der Waals surface area contributed by atoms with Crippen LogP contribution in [0.4, 0.5) is 0 Å². The molecule has 0 aromatic heterocycles. The zero-order chi connectivity index (χ0) is 23.8. The number of aliphatic carboxylic acids is 1. The third-order valence-electron chi connectivity index (χ3n) is 5.24. The van der Waals surface area contributed by atoms with Gasteiger partial charge in [0.1, 0.15) is 0 Å². The third kappa shape index (κ3) is 7.96.